The molecule has 0 radical (unpaired) electrons. The second-order valence-electron chi connectivity index (χ2n) is 2.13. The van der Waals surface area contributed by atoms with Gasteiger partial charge in [-0.05, 0) is 5.52 Å². The Labute approximate surface area is 77.6 Å². The van der Waals surface area contributed by atoms with Crippen molar-refractivity contribution in [2.24, 2.45) is 0 Å². The summed E-state index contributed by atoms with van der Waals surface area (Å²) >= 11 is 0. The molecule has 1 heterocycles. The van der Waals surface area contributed by atoms with Crippen molar-refractivity contribution >= 4 is 10.9 Å². The molecule has 0 amide bonds. The van der Waals surface area contributed by atoms with Crippen molar-refractivity contribution in [1.82, 2.24) is 4.98 Å². The van der Waals surface area contributed by atoms with E-state index < -0.39 is 0 Å². The monoisotopic (exact) mass is 135 g/mol. The van der Waals surface area contributed by atoms with Crippen molar-refractivity contribution in [1.29, 1.82) is 0 Å². The summed E-state index contributed by atoms with van der Waals surface area (Å²) in [6.07, 6.45) is 1.68. The van der Waals surface area contributed by atoms with Crippen LogP contribution in [0, 0.1) is 6.07 Å². The molecule has 0 unspecified atom stereocenters. The van der Waals surface area contributed by atoms with E-state index in [-0.39, 0.29) is 18.9 Å². The largest absolute Gasteiger partial charge is 1.00 e. The van der Waals surface area contributed by atoms with E-state index in [0.29, 0.717) is 0 Å². The second-order valence-corrected chi connectivity index (χ2v) is 2.13. The molecule has 2 aromatic rings. The predicted molar refractivity (Wildman–Crippen MR) is 40.6 cm³/mol. The van der Waals surface area contributed by atoms with Crippen LogP contribution in [-0.4, -0.2) is 4.98 Å². The van der Waals surface area contributed by atoms with E-state index in [4.69, 9.17) is 0 Å². The summed E-state index contributed by atoms with van der Waals surface area (Å²) in [5.41, 5.74) is 1.03. The van der Waals surface area contributed by atoms with Gasteiger partial charge in [-0.25, -0.2) is 12.1 Å². The van der Waals surface area contributed by atoms with Gasteiger partial charge in [0.05, 0.1) is 0 Å². The van der Waals surface area contributed by atoms with Crippen LogP contribution in [0.25, 0.3) is 10.9 Å². The summed E-state index contributed by atoms with van der Waals surface area (Å²) in [4.78, 5) is 4.13. The standard InChI is InChI=1S/C9H6N.Li/c1-2-6-9-8(4-1)5-3-7-10-9;/h1-2,4-7H;/q-1;+1. The van der Waals surface area contributed by atoms with Crippen LogP contribution >= 0.6 is 0 Å². The molecule has 48 valence electrons. The molecule has 2 rings (SSSR count). The fourth-order valence-electron chi connectivity index (χ4n) is 0.961. The summed E-state index contributed by atoms with van der Waals surface area (Å²) in [7, 11) is 0. The van der Waals surface area contributed by atoms with Gasteiger partial charge in [-0.2, -0.15) is 0 Å². The molecule has 1 aromatic heterocycles. The van der Waals surface area contributed by atoms with E-state index in [1.54, 1.807) is 6.20 Å². The Kier molecular flexibility index (Phi) is 2.70. The van der Waals surface area contributed by atoms with Crippen LogP contribution in [0.1, 0.15) is 0 Å². The van der Waals surface area contributed by atoms with Crippen molar-refractivity contribution in [3.63, 3.8) is 0 Å². The molecule has 0 fully saturated rings. The molecule has 11 heavy (non-hydrogen) atoms. The van der Waals surface area contributed by atoms with Crippen LogP contribution in [-0.2, 0) is 0 Å². The molecule has 0 bridgehead atoms. The number of benzene rings is 1. The Balaban J connectivity index is 0.000000605. The molecule has 0 N–H and O–H groups in total. The van der Waals surface area contributed by atoms with Gasteiger partial charge in [0.1, 0.15) is 0 Å². The van der Waals surface area contributed by atoms with Crippen molar-refractivity contribution < 1.29 is 18.9 Å². The van der Waals surface area contributed by atoms with Gasteiger partial charge in [0.25, 0.3) is 0 Å². The average molecular weight is 135 g/mol. The maximum absolute atomic E-state index is 4.13. The van der Waals surface area contributed by atoms with Gasteiger partial charge in [-0.3, -0.25) is 4.98 Å². The Morgan fingerprint density at radius 1 is 1.18 bits per heavy atom. The van der Waals surface area contributed by atoms with Crippen LogP contribution in [0.2, 0.25) is 0 Å². The number of hydrogen-bond donors (Lipinski definition) is 0. The maximum atomic E-state index is 4.13. The number of aromatic nitrogens is 1. The van der Waals surface area contributed by atoms with E-state index in [1.165, 1.54) is 0 Å². The van der Waals surface area contributed by atoms with E-state index >= 15 is 0 Å². The zero-order chi connectivity index (χ0) is 6.81. The number of pyridine rings is 1. The molecule has 1 aromatic carbocycles. The topological polar surface area (TPSA) is 12.9 Å². The minimum atomic E-state index is 0. The zero-order valence-electron chi connectivity index (χ0n) is 6.41. The van der Waals surface area contributed by atoms with Gasteiger partial charge in [0.15, 0.2) is 0 Å². The third-order valence-corrected chi connectivity index (χ3v) is 1.45. The summed E-state index contributed by atoms with van der Waals surface area (Å²) in [6.45, 7) is 0. The molecule has 0 saturated carbocycles. The van der Waals surface area contributed by atoms with Crippen molar-refractivity contribution in [3.8, 4) is 0 Å². The molecule has 0 aliphatic carbocycles. The van der Waals surface area contributed by atoms with Gasteiger partial charge in [-0.1, -0.05) is 24.4 Å². The summed E-state index contributed by atoms with van der Waals surface area (Å²) in [6, 6.07) is 12.9. The van der Waals surface area contributed by atoms with E-state index in [0.717, 1.165) is 10.9 Å². The van der Waals surface area contributed by atoms with Gasteiger partial charge < -0.3 is 0 Å². The average Bonchev–Trinajstić information content (AvgIpc) is 2.05. The van der Waals surface area contributed by atoms with Crippen LogP contribution in [0.5, 0.6) is 0 Å². The third-order valence-electron chi connectivity index (χ3n) is 1.45. The number of hydrogen-bond acceptors (Lipinski definition) is 1. The summed E-state index contributed by atoms with van der Waals surface area (Å²) in [5.74, 6) is 0. The molecule has 0 spiro atoms. The number of nitrogens with zero attached hydrogens (tertiary/aromatic N) is 1. The smallest absolute Gasteiger partial charge is 0.296 e. The molecule has 1 nitrogen and oxygen atoms in total. The normalized spacial score (nSPS) is 9.09. The first kappa shape index (κ1) is 8.33. The molecule has 0 aliphatic heterocycles. The maximum Gasteiger partial charge on any atom is 1.00 e. The van der Waals surface area contributed by atoms with E-state index in [9.17, 15) is 0 Å². The number of para-hydroxylation sites is 1. The van der Waals surface area contributed by atoms with Crippen LogP contribution in [0.4, 0.5) is 0 Å². The quantitative estimate of drug-likeness (QED) is 0.335. The zero-order valence-corrected chi connectivity index (χ0v) is 6.41. The Bertz CT molecular complexity index is 281. The van der Waals surface area contributed by atoms with E-state index in [2.05, 4.69) is 11.1 Å². The fraction of sp³-hybridized carbons (Fsp3) is 0. The molecular weight excluding hydrogens is 129 g/mol. The fourth-order valence-corrected chi connectivity index (χ4v) is 0.961. The Morgan fingerprint density at radius 2 is 2.00 bits per heavy atom. The second kappa shape index (κ2) is 3.57. The van der Waals surface area contributed by atoms with Crippen molar-refractivity contribution in [2.45, 2.75) is 0 Å². The Hall–Kier alpha value is -0.773. The first-order valence-corrected chi connectivity index (χ1v) is 3.18. The predicted octanol–water partition coefficient (Wildman–Crippen LogP) is -0.961. The van der Waals surface area contributed by atoms with Crippen LogP contribution in [0.15, 0.2) is 36.5 Å². The molecule has 2 heteroatoms. The minimum Gasteiger partial charge on any atom is -0.296 e. The third kappa shape index (κ3) is 1.62. The van der Waals surface area contributed by atoms with Gasteiger partial charge in [0.2, 0.25) is 0 Å². The van der Waals surface area contributed by atoms with Gasteiger partial charge >= 0.3 is 18.9 Å². The van der Waals surface area contributed by atoms with Crippen LogP contribution in [0.3, 0.4) is 0 Å². The van der Waals surface area contributed by atoms with Crippen molar-refractivity contribution in [3.05, 3.63) is 42.6 Å². The van der Waals surface area contributed by atoms with Gasteiger partial charge in [0, 0.05) is 0 Å². The number of rotatable bonds is 0. The first-order valence-electron chi connectivity index (χ1n) is 3.18. The van der Waals surface area contributed by atoms with Crippen molar-refractivity contribution in [2.75, 3.05) is 0 Å². The summed E-state index contributed by atoms with van der Waals surface area (Å²) in [5, 5.41) is 1.14. The SMILES string of the molecule is [Li+].[c-]1cnc2ccccc2c1. The minimum absolute atomic E-state index is 0. The summed E-state index contributed by atoms with van der Waals surface area (Å²) < 4.78 is 0. The van der Waals surface area contributed by atoms with E-state index in [1.807, 2.05) is 30.3 Å². The Morgan fingerprint density at radius 3 is 2.82 bits per heavy atom. The number of fused-ring (bicyclic) bond motifs is 1. The molecular formula is C9H6LiN. The molecule has 0 atom stereocenters. The molecule has 0 saturated heterocycles. The first-order chi connectivity index (χ1) is 4.97. The molecule has 0 aliphatic rings. The van der Waals surface area contributed by atoms with Gasteiger partial charge in [-0.15, -0.1) is 11.5 Å². The van der Waals surface area contributed by atoms with Crippen LogP contribution < -0.4 is 18.9 Å².